The molecule has 1 aliphatic rings. The number of nitrogens with one attached hydrogen (secondary N) is 1. The molecule has 1 aromatic rings. The van der Waals surface area contributed by atoms with Gasteiger partial charge >= 0.3 is 0 Å². The zero-order valence-electron chi connectivity index (χ0n) is 8.45. The molecule has 1 nitrogen and oxygen atoms in total. The maximum Gasteiger partial charge on any atom is 0.00143 e. The minimum atomic E-state index is 0.726. The van der Waals surface area contributed by atoms with Gasteiger partial charge in [0.25, 0.3) is 0 Å². The molecule has 1 aromatic carbocycles. The van der Waals surface area contributed by atoms with Gasteiger partial charge in [-0.2, -0.15) is 0 Å². The summed E-state index contributed by atoms with van der Waals surface area (Å²) in [4.78, 5) is 0. The van der Waals surface area contributed by atoms with Crippen LogP contribution in [0, 0.1) is 5.92 Å². The van der Waals surface area contributed by atoms with Gasteiger partial charge in [-0.3, -0.25) is 0 Å². The van der Waals surface area contributed by atoms with Gasteiger partial charge in [0.15, 0.2) is 0 Å². The first-order chi connectivity index (χ1) is 6.95. The fourth-order valence-corrected chi connectivity index (χ4v) is 1.85. The molecule has 0 spiro atoms. The third-order valence-electron chi connectivity index (χ3n) is 2.70. The van der Waals surface area contributed by atoms with Gasteiger partial charge in [0.1, 0.15) is 0 Å². The second-order valence-electron chi connectivity index (χ2n) is 3.88. The van der Waals surface area contributed by atoms with Gasteiger partial charge < -0.3 is 5.32 Å². The molecule has 74 valence electrons. The molecule has 1 heterocycles. The van der Waals surface area contributed by atoms with Crippen molar-refractivity contribution in [2.45, 2.75) is 12.8 Å². The standard InChI is InChI=1S/C13H17N/c1-2-5-12(6-3-1)8-9-13-7-4-10-14-11-13/h1-3,5-6,8-9,13-14H,4,7,10-11H2/b9-8+/t13-/m1/s1. The maximum absolute atomic E-state index is 3.42. The lowest BCUT2D eigenvalue weighted by atomic mass is 9.98. The lowest BCUT2D eigenvalue weighted by Gasteiger charge is -2.19. The van der Waals surface area contributed by atoms with Crippen molar-refractivity contribution in [1.82, 2.24) is 5.32 Å². The van der Waals surface area contributed by atoms with E-state index in [0.29, 0.717) is 0 Å². The number of rotatable bonds is 2. The van der Waals surface area contributed by atoms with Crippen LogP contribution in [0.2, 0.25) is 0 Å². The summed E-state index contributed by atoms with van der Waals surface area (Å²) < 4.78 is 0. The van der Waals surface area contributed by atoms with Crippen molar-refractivity contribution < 1.29 is 0 Å². The van der Waals surface area contributed by atoms with E-state index in [-0.39, 0.29) is 0 Å². The molecule has 1 saturated heterocycles. The average molecular weight is 187 g/mol. The number of piperidine rings is 1. The number of hydrogen-bond acceptors (Lipinski definition) is 1. The van der Waals surface area contributed by atoms with E-state index in [9.17, 15) is 0 Å². The summed E-state index contributed by atoms with van der Waals surface area (Å²) >= 11 is 0. The molecular formula is C13H17N. The molecule has 0 radical (unpaired) electrons. The highest BCUT2D eigenvalue weighted by Gasteiger charge is 2.08. The summed E-state index contributed by atoms with van der Waals surface area (Å²) in [6, 6.07) is 10.5. The highest BCUT2D eigenvalue weighted by Crippen LogP contribution is 2.13. The summed E-state index contributed by atoms with van der Waals surface area (Å²) in [5.41, 5.74) is 1.30. The summed E-state index contributed by atoms with van der Waals surface area (Å²) in [5, 5.41) is 3.42. The molecule has 0 aliphatic carbocycles. The molecule has 1 N–H and O–H groups in total. The van der Waals surface area contributed by atoms with E-state index in [1.54, 1.807) is 0 Å². The predicted molar refractivity (Wildman–Crippen MR) is 61.1 cm³/mol. The van der Waals surface area contributed by atoms with Crippen molar-refractivity contribution in [3.63, 3.8) is 0 Å². The Balaban J connectivity index is 1.93. The van der Waals surface area contributed by atoms with E-state index in [1.807, 2.05) is 0 Å². The molecule has 1 fully saturated rings. The molecule has 0 aromatic heterocycles. The topological polar surface area (TPSA) is 12.0 Å². The van der Waals surface area contributed by atoms with Gasteiger partial charge in [-0.25, -0.2) is 0 Å². The van der Waals surface area contributed by atoms with Crippen LogP contribution in [-0.4, -0.2) is 13.1 Å². The van der Waals surface area contributed by atoms with Crippen LogP contribution >= 0.6 is 0 Å². The van der Waals surface area contributed by atoms with Crippen LogP contribution in [0.1, 0.15) is 18.4 Å². The van der Waals surface area contributed by atoms with E-state index < -0.39 is 0 Å². The summed E-state index contributed by atoms with van der Waals surface area (Å²) in [7, 11) is 0. The normalized spacial score (nSPS) is 22.7. The van der Waals surface area contributed by atoms with Crippen LogP contribution in [0.3, 0.4) is 0 Å². The summed E-state index contributed by atoms with van der Waals surface area (Å²) in [5.74, 6) is 0.726. The van der Waals surface area contributed by atoms with Crippen LogP contribution in [0.25, 0.3) is 6.08 Å². The Kier molecular flexibility index (Phi) is 3.36. The van der Waals surface area contributed by atoms with E-state index >= 15 is 0 Å². The van der Waals surface area contributed by atoms with Crippen molar-refractivity contribution in [3.8, 4) is 0 Å². The second kappa shape index (κ2) is 4.97. The Labute approximate surface area is 85.8 Å². The predicted octanol–water partition coefficient (Wildman–Crippen LogP) is 2.70. The van der Waals surface area contributed by atoms with E-state index in [4.69, 9.17) is 0 Å². The Morgan fingerprint density at radius 2 is 2.07 bits per heavy atom. The van der Waals surface area contributed by atoms with Crippen LogP contribution in [0.15, 0.2) is 36.4 Å². The Bertz CT molecular complexity index is 283. The minimum absolute atomic E-state index is 0.726. The zero-order chi connectivity index (χ0) is 9.64. The molecule has 0 saturated carbocycles. The molecule has 1 heteroatoms. The quantitative estimate of drug-likeness (QED) is 0.750. The number of benzene rings is 1. The Hall–Kier alpha value is -1.08. The highest BCUT2D eigenvalue weighted by atomic mass is 14.9. The third kappa shape index (κ3) is 2.71. The van der Waals surface area contributed by atoms with E-state index in [2.05, 4.69) is 47.8 Å². The molecule has 14 heavy (non-hydrogen) atoms. The van der Waals surface area contributed by atoms with Crippen LogP contribution in [0.5, 0.6) is 0 Å². The van der Waals surface area contributed by atoms with Crippen LogP contribution in [0.4, 0.5) is 0 Å². The SMILES string of the molecule is C(=C\[C@H]1CCCNC1)/c1ccccc1. The Morgan fingerprint density at radius 3 is 2.79 bits per heavy atom. The average Bonchev–Trinajstić information content (AvgIpc) is 2.29. The van der Waals surface area contributed by atoms with Gasteiger partial charge in [0.05, 0.1) is 0 Å². The van der Waals surface area contributed by atoms with E-state index in [0.717, 1.165) is 12.5 Å². The fraction of sp³-hybridized carbons (Fsp3) is 0.385. The molecule has 0 unspecified atom stereocenters. The van der Waals surface area contributed by atoms with Crippen LogP contribution in [-0.2, 0) is 0 Å². The van der Waals surface area contributed by atoms with Gasteiger partial charge in [-0.05, 0) is 30.9 Å². The first-order valence-electron chi connectivity index (χ1n) is 5.39. The van der Waals surface area contributed by atoms with Crippen molar-refractivity contribution in [2.24, 2.45) is 5.92 Å². The highest BCUT2D eigenvalue weighted by molar-refractivity contribution is 5.48. The zero-order valence-corrected chi connectivity index (χ0v) is 8.45. The molecule has 1 atom stereocenters. The lowest BCUT2D eigenvalue weighted by Crippen LogP contribution is -2.28. The van der Waals surface area contributed by atoms with Crippen molar-refractivity contribution in [1.29, 1.82) is 0 Å². The van der Waals surface area contributed by atoms with Crippen LogP contribution < -0.4 is 5.32 Å². The van der Waals surface area contributed by atoms with Gasteiger partial charge in [-0.1, -0.05) is 42.5 Å². The molecule has 0 amide bonds. The largest absolute Gasteiger partial charge is 0.316 e. The van der Waals surface area contributed by atoms with Crippen molar-refractivity contribution in [3.05, 3.63) is 42.0 Å². The summed E-state index contributed by atoms with van der Waals surface area (Å²) in [6.45, 7) is 2.33. The lowest BCUT2D eigenvalue weighted by molar-refractivity contribution is 0.439. The van der Waals surface area contributed by atoms with E-state index in [1.165, 1.54) is 24.9 Å². The van der Waals surface area contributed by atoms with Gasteiger partial charge in [-0.15, -0.1) is 0 Å². The fourth-order valence-electron chi connectivity index (χ4n) is 1.85. The summed E-state index contributed by atoms with van der Waals surface area (Å²) in [6.07, 6.45) is 7.21. The molecule has 1 aliphatic heterocycles. The van der Waals surface area contributed by atoms with Crippen molar-refractivity contribution in [2.75, 3.05) is 13.1 Å². The van der Waals surface area contributed by atoms with Gasteiger partial charge in [0.2, 0.25) is 0 Å². The number of hydrogen-bond donors (Lipinski definition) is 1. The smallest absolute Gasteiger partial charge is 0.00143 e. The second-order valence-corrected chi connectivity index (χ2v) is 3.88. The maximum atomic E-state index is 3.42. The first kappa shape index (κ1) is 9.47. The molecule has 0 bridgehead atoms. The first-order valence-corrected chi connectivity index (χ1v) is 5.39. The minimum Gasteiger partial charge on any atom is -0.316 e. The monoisotopic (exact) mass is 187 g/mol. The van der Waals surface area contributed by atoms with Crippen molar-refractivity contribution >= 4 is 6.08 Å². The molecule has 2 rings (SSSR count). The van der Waals surface area contributed by atoms with Gasteiger partial charge in [0, 0.05) is 6.54 Å². The third-order valence-corrected chi connectivity index (χ3v) is 2.70. The Morgan fingerprint density at radius 1 is 1.21 bits per heavy atom. The molecular weight excluding hydrogens is 170 g/mol.